The van der Waals surface area contributed by atoms with E-state index in [1.54, 1.807) is 31.4 Å². The number of primary amides is 2. The normalized spacial score (nSPS) is 14.9. The van der Waals surface area contributed by atoms with Gasteiger partial charge in [-0.25, -0.2) is 4.68 Å². The Morgan fingerprint density at radius 2 is 1.80 bits per heavy atom. The quantitative estimate of drug-likeness (QED) is 0.385. The van der Waals surface area contributed by atoms with Crippen molar-refractivity contribution in [1.82, 2.24) is 9.78 Å². The van der Waals surface area contributed by atoms with Crippen molar-refractivity contribution in [2.45, 2.75) is 38.0 Å². The molecule has 9 heteroatoms. The van der Waals surface area contributed by atoms with Crippen LogP contribution >= 0.6 is 0 Å². The lowest BCUT2D eigenvalue weighted by Gasteiger charge is -2.23. The number of carbonyl (C=O) groups excluding carboxylic acids is 3. The molecule has 3 aromatic rings. The lowest BCUT2D eigenvalue weighted by Crippen LogP contribution is -2.24. The average molecular weight is 476 g/mol. The van der Waals surface area contributed by atoms with Gasteiger partial charge in [0.25, 0.3) is 5.91 Å². The van der Waals surface area contributed by atoms with Gasteiger partial charge in [0.2, 0.25) is 5.91 Å². The van der Waals surface area contributed by atoms with Crippen molar-refractivity contribution in [3.63, 3.8) is 0 Å². The van der Waals surface area contributed by atoms with Crippen LogP contribution in [0.3, 0.4) is 0 Å². The molecule has 4 rings (SSSR count). The highest BCUT2D eigenvalue weighted by molar-refractivity contribution is 6.05. The minimum Gasteiger partial charge on any atom is -0.497 e. The molecule has 182 valence electrons. The van der Waals surface area contributed by atoms with Gasteiger partial charge in [0.05, 0.1) is 12.8 Å². The molecule has 1 aromatic heterocycles. The topological polar surface area (TPSA) is 142 Å². The molecule has 1 unspecified atom stereocenters. The molecule has 2 aromatic carbocycles. The molecule has 1 heterocycles. The van der Waals surface area contributed by atoms with E-state index >= 15 is 0 Å². The summed E-state index contributed by atoms with van der Waals surface area (Å²) in [7, 11) is 1.58. The van der Waals surface area contributed by atoms with Crippen molar-refractivity contribution < 1.29 is 19.1 Å². The molecular weight excluding hydrogens is 446 g/mol. The number of nitrogens with two attached hydrogens (primary N) is 2. The third kappa shape index (κ3) is 5.18. The first-order valence-corrected chi connectivity index (χ1v) is 11.6. The third-order valence-corrected chi connectivity index (χ3v) is 6.26. The monoisotopic (exact) mass is 475 g/mol. The van der Waals surface area contributed by atoms with E-state index in [0.717, 1.165) is 30.6 Å². The lowest BCUT2D eigenvalue weighted by molar-refractivity contribution is -0.118. The van der Waals surface area contributed by atoms with Crippen LogP contribution in [-0.2, 0) is 11.2 Å². The molecular formula is C26H29N5O4. The summed E-state index contributed by atoms with van der Waals surface area (Å²) in [5.41, 5.74) is 14.4. The zero-order valence-corrected chi connectivity index (χ0v) is 19.6. The fourth-order valence-corrected chi connectivity index (χ4v) is 4.44. The Kier molecular flexibility index (Phi) is 7.14. The standard InChI is InChI=1S/C26H29N5O4/c1-35-19-11-9-18(10-12-19)31-24-21(23(30-31)26(28)34)14-13-20(25(24)33)16-5-7-17(8-6-16)29-15-3-2-4-22(27)32/h5-12,20,29H,2-4,13-15H2,1H3,(H2,27,32)(H2,28,34). The fraction of sp³-hybridized carbons (Fsp3) is 0.308. The van der Waals surface area contributed by atoms with Gasteiger partial charge >= 0.3 is 0 Å². The molecule has 9 nitrogen and oxygen atoms in total. The Morgan fingerprint density at radius 3 is 2.43 bits per heavy atom. The number of methoxy groups -OCH3 is 1. The van der Waals surface area contributed by atoms with Crippen LogP contribution in [0.15, 0.2) is 48.5 Å². The fourth-order valence-electron chi connectivity index (χ4n) is 4.44. The maximum atomic E-state index is 13.7. The molecule has 0 saturated carbocycles. The van der Waals surface area contributed by atoms with Gasteiger partial charge in [-0.3, -0.25) is 14.4 Å². The molecule has 5 N–H and O–H groups in total. The number of aromatic nitrogens is 2. The number of amides is 2. The SMILES string of the molecule is COc1ccc(-n2nc(C(N)=O)c3c2C(=O)C(c2ccc(NCCCCC(N)=O)cc2)CC3)cc1. The summed E-state index contributed by atoms with van der Waals surface area (Å²) in [6.07, 6.45) is 3.07. The minimum atomic E-state index is -0.647. The first-order valence-electron chi connectivity index (χ1n) is 11.6. The summed E-state index contributed by atoms with van der Waals surface area (Å²) in [6.45, 7) is 0.731. The molecule has 0 fully saturated rings. The largest absolute Gasteiger partial charge is 0.497 e. The van der Waals surface area contributed by atoms with Crippen LogP contribution < -0.4 is 21.5 Å². The summed E-state index contributed by atoms with van der Waals surface area (Å²) in [5, 5.41) is 7.73. The number of fused-ring (bicyclic) bond motifs is 1. The van der Waals surface area contributed by atoms with Crippen LogP contribution in [0.25, 0.3) is 5.69 Å². The molecule has 1 aliphatic rings. The highest BCUT2D eigenvalue weighted by atomic mass is 16.5. The Hall–Kier alpha value is -4.14. The maximum Gasteiger partial charge on any atom is 0.269 e. The first kappa shape index (κ1) is 24.0. The van der Waals surface area contributed by atoms with Crippen molar-refractivity contribution in [2.75, 3.05) is 19.0 Å². The lowest BCUT2D eigenvalue weighted by atomic mass is 9.81. The van der Waals surface area contributed by atoms with Gasteiger partial charge in [-0.2, -0.15) is 5.10 Å². The molecule has 0 spiro atoms. The number of rotatable bonds is 10. The van der Waals surface area contributed by atoms with E-state index in [2.05, 4.69) is 10.4 Å². The van der Waals surface area contributed by atoms with E-state index in [1.807, 2.05) is 24.3 Å². The van der Waals surface area contributed by atoms with E-state index in [-0.39, 0.29) is 23.3 Å². The zero-order valence-electron chi connectivity index (χ0n) is 19.6. The molecule has 0 radical (unpaired) electrons. The number of ether oxygens (including phenoxy) is 1. The van der Waals surface area contributed by atoms with Gasteiger partial charge in [0.15, 0.2) is 11.5 Å². The van der Waals surface area contributed by atoms with Crippen LogP contribution in [0.5, 0.6) is 5.75 Å². The van der Waals surface area contributed by atoms with Crippen molar-refractivity contribution in [3.05, 3.63) is 71.0 Å². The molecule has 0 saturated heterocycles. The highest BCUT2D eigenvalue weighted by Crippen LogP contribution is 2.36. The van der Waals surface area contributed by atoms with Crippen molar-refractivity contribution in [2.24, 2.45) is 11.5 Å². The van der Waals surface area contributed by atoms with E-state index in [0.29, 0.717) is 42.0 Å². The number of anilines is 1. The average Bonchev–Trinajstić information content (AvgIpc) is 3.25. The predicted octanol–water partition coefficient (Wildman–Crippen LogP) is 2.96. The Bertz CT molecular complexity index is 1230. The second-order valence-electron chi connectivity index (χ2n) is 8.58. The molecule has 1 aliphatic carbocycles. The number of carbonyl (C=O) groups is 3. The Labute approximate surface area is 203 Å². The zero-order chi connectivity index (χ0) is 24.9. The summed E-state index contributed by atoms with van der Waals surface area (Å²) in [5.74, 6) is -0.691. The molecule has 0 bridgehead atoms. The van der Waals surface area contributed by atoms with Gasteiger partial charge in [-0.05, 0) is 67.6 Å². The number of Topliss-reactive ketones (excluding diaryl/α,β-unsaturated/α-hetero) is 1. The van der Waals surface area contributed by atoms with Gasteiger partial charge in [0, 0.05) is 30.1 Å². The first-order chi connectivity index (χ1) is 16.9. The van der Waals surface area contributed by atoms with Gasteiger partial charge in [-0.1, -0.05) is 12.1 Å². The summed E-state index contributed by atoms with van der Waals surface area (Å²) < 4.78 is 6.74. The van der Waals surface area contributed by atoms with Gasteiger partial charge in [0.1, 0.15) is 11.4 Å². The number of ketones is 1. The van der Waals surface area contributed by atoms with E-state index in [1.165, 1.54) is 4.68 Å². The van der Waals surface area contributed by atoms with Crippen LogP contribution in [-0.4, -0.2) is 41.0 Å². The van der Waals surface area contributed by atoms with E-state index < -0.39 is 5.91 Å². The minimum absolute atomic E-state index is 0.0887. The smallest absolute Gasteiger partial charge is 0.269 e. The van der Waals surface area contributed by atoms with Crippen molar-refractivity contribution >= 4 is 23.3 Å². The number of hydrogen-bond acceptors (Lipinski definition) is 6. The molecule has 0 aliphatic heterocycles. The number of hydrogen-bond donors (Lipinski definition) is 3. The second kappa shape index (κ2) is 10.4. The Balaban J connectivity index is 1.55. The van der Waals surface area contributed by atoms with Crippen LogP contribution in [0.4, 0.5) is 5.69 Å². The number of benzene rings is 2. The van der Waals surface area contributed by atoms with Crippen LogP contribution in [0.2, 0.25) is 0 Å². The maximum absolute atomic E-state index is 13.7. The summed E-state index contributed by atoms with van der Waals surface area (Å²) in [6, 6.07) is 14.9. The van der Waals surface area contributed by atoms with E-state index in [9.17, 15) is 14.4 Å². The van der Waals surface area contributed by atoms with Gasteiger partial charge < -0.3 is 21.5 Å². The number of unbranched alkanes of at least 4 members (excludes halogenated alkanes) is 1. The van der Waals surface area contributed by atoms with Crippen molar-refractivity contribution in [1.29, 1.82) is 0 Å². The number of nitrogens with zero attached hydrogens (tertiary/aromatic N) is 2. The second-order valence-corrected chi connectivity index (χ2v) is 8.58. The van der Waals surface area contributed by atoms with Gasteiger partial charge in [-0.15, -0.1) is 0 Å². The summed E-state index contributed by atoms with van der Waals surface area (Å²) in [4.78, 5) is 36.5. The predicted molar refractivity (Wildman–Crippen MR) is 132 cm³/mol. The summed E-state index contributed by atoms with van der Waals surface area (Å²) >= 11 is 0. The van der Waals surface area contributed by atoms with Crippen LogP contribution in [0.1, 0.15) is 63.7 Å². The van der Waals surface area contributed by atoms with Crippen LogP contribution in [0, 0.1) is 0 Å². The van der Waals surface area contributed by atoms with Crippen molar-refractivity contribution in [3.8, 4) is 11.4 Å². The third-order valence-electron chi connectivity index (χ3n) is 6.26. The molecule has 1 atom stereocenters. The molecule has 2 amide bonds. The van der Waals surface area contributed by atoms with E-state index in [4.69, 9.17) is 16.2 Å². The number of nitrogens with one attached hydrogen (secondary N) is 1. The highest BCUT2D eigenvalue weighted by Gasteiger charge is 2.36. The molecule has 35 heavy (non-hydrogen) atoms. The Morgan fingerprint density at radius 1 is 1.09 bits per heavy atom.